The highest BCUT2D eigenvalue weighted by Gasteiger charge is 2.21. The number of anilines is 2. The molecule has 2 aliphatic rings. The molecular formula is C23H29FN4O. The number of hydrogen-bond donors (Lipinski definition) is 1. The van der Waals surface area contributed by atoms with Crippen LogP contribution in [-0.2, 0) is 0 Å². The van der Waals surface area contributed by atoms with Crippen molar-refractivity contribution >= 4 is 17.3 Å². The van der Waals surface area contributed by atoms with Gasteiger partial charge < -0.3 is 15.1 Å². The summed E-state index contributed by atoms with van der Waals surface area (Å²) in [5.74, 6) is -0.212. The highest BCUT2D eigenvalue weighted by atomic mass is 19.1. The van der Waals surface area contributed by atoms with E-state index in [-0.39, 0.29) is 17.8 Å². The maximum absolute atomic E-state index is 14.0. The minimum absolute atomic E-state index is 0.0313. The molecule has 0 bridgehead atoms. The van der Waals surface area contributed by atoms with Crippen LogP contribution >= 0.6 is 0 Å². The summed E-state index contributed by atoms with van der Waals surface area (Å²) in [5, 5.41) is 3.19. The number of para-hydroxylation sites is 1. The van der Waals surface area contributed by atoms with Gasteiger partial charge in [0.05, 0.1) is 23.1 Å². The van der Waals surface area contributed by atoms with Gasteiger partial charge >= 0.3 is 0 Å². The van der Waals surface area contributed by atoms with Crippen molar-refractivity contribution in [2.45, 2.75) is 44.6 Å². The molecular weight excluding hydrogens is 367 g/mol. The molecule has 6 heteroatoms. The standard InChI is InChI=1S/C23H29FN4O/c24-21-9-5-6-10-22(21)28-13-11-27(12-14-28)20-15-18(16-25-17-20)23(29)26-19-7-3-1-2-4-8-19/h5-6,9-10,15-17,19H,1-4,7-8,11-14H2,(H,26,29). The van der Waals surface area contributed by atoms with Crippen LogP contribution in [0.3, 0.4) is 0 Å². The Labute approximate surface area is 171 Å². The predicted octanol–water partition coefficient (Wildman–Crippen LogP) is 4.00. The van der Waals surface area contributed by atoms with Crippen molar-refractivity contribution in [3.05, 3.63) is 54.1 Å². The van der Waals surface area contributed by atoms with Gasteiger partial charge in [-0.1, -0.05) is 37.8 Å². The van der Waals surface area contributed by atoms with E-state index in [9.17, 15) is 9.18 Å². The Balaban J connectivity index is 1.37. The van der Waals surface area contributed by atoms with Crippen LogP contribution in [0.25, 0.3) is 0 Å². The van der Waals surface area contributed by atoms with Gasteiger partial charge in [0, 0.05) is 38.4 Å². The summed E-state index contributed by atoms with van der Waals surface area (Å²) in [4.78, 5) is 21.3. The number of benzene rings is 1. The second-order valence-electron chi connectivity index (χ2n) is 8.02. The molecule has 29 heavy (non-hydrogen) atoms. The summed E-state index contributed by atoms with van der Waals surface area (Å²) in [6.07, 6.45) is 10.5. The minimum Gasteiger partial charge on any atom is -0.367 e. The van der Waals surface area contributed by atoms with Crippen LogP contribution < -0.4 is 15.1 Å². The normalized spacial score (nSPS) is 18.4. The number of amides is 1. The molecule has 1 saturated heterocycles. The van der Waals surface area contributed by atoms with E-state index >= 15 is 0 Å². The van der Waals surface area contributed by atoms with Crippen molar-refractivity contribution in [1.29, 1.82) is 0 Å². The summed E-state index contributed by atoms with van der Waals surface area (Å²) in [6.45, 7) is 3.01. The zero-order valence-corrected chi connectivity index (χ0v) is 16.8. The topological polar surface area (TPSA) is 48.5 Å². The van der Waals surface area contributed by atoms with Gasteiger partial charge in [-0.05, 0) is 31.0 Å². The van der Waals surface area contributed by atoms with E-state index in [1.807, 2.05) is 18.2 Å². The van der Waals surface area contributed by atoms with Crippen LogP contribution in [0, 0.1) is 5.82 Å². The Morgan fingerprint density at radius 2 is 1.66 bits per heavy atom. The lowest BCUT2D eigenvalue weighted by molar-refractivity contribution is 0.0933. The van der Waals surface area contributed by atoms with Gasteiger partial charge in [-0.2, -0.15) is 0 Å². The molecule has 0 spiro atoms. The molecule has 4 rings (SSSR count). The fourth-order valence-electron chi connectivity index (χ4n) is 4.33. The van der Waals surface area contributed by atoms with E-state index in [0.717, 1.165) is 44.7 Å². The Kier molecular flexibility index (Phi) is 6.27. The lowest BCUT2D eigenvalue weighted by Crippen LogP contribution is -2.47. The van der Waals surface area contributed by atoms with Gasteiger partial charge in [-0.25, -0.2) is 4.39 Å². The van der Waals surface area contributed by atoms with Gasteiger partial charge in [0.15, 0.2) is 0 Å². The zero-order valence-electron chi connectivity index (χ0n) is 16.8. The third kappa shape index (κ3) is 4.86. The number of nitrogens with zero attached hydrogens (tertiary/aromatic N) is 3. The van der Waals surface area contributed by atoms with Gasteiger partial charge in [0.1, 0.15) is 5.82 Å². The van der Waals surface area contributed by atoms with E-state index in [4.69, 9.17) is 0 Å². The van der Waals surface area contributed by atoms with Crippen LogP contribution in [0.1, 0.15) is 48.9 Å². The average Bonchev–Trinajstić information content (AvgIpc) is 3.03. The quantitative estimate of drug-likeness (QED) is 0.794. The van der Waals surface area contributed by atoms with Crippen LogP contribution in [-0.4, -0.2) is 43.1 Å². The fraction of sp³-hybridized carbons (Fsp3) is 0.478. The first-order valence-corrected chi connectivity index (χ1v) is 10.7. The summed E-state index contributed by atoms with van der Waals surface area (Å²) in [5.41, 5.74) is 2.22. The molecule has 1 amide bonds. The van der Waals surface area contributed by atoms with E-state index in [0.29, 0.717) is 11.3 Å². The van der Waals surface area contributed by atoms with Gasteiger partial charge in [0.25, 0.3) is 5.91 Å². The SMILES string of the molecule is O=C(NC1CCCCCC1)c1cncc(N2CCN(c3ccccc3F)CC2)c1. The van der Waals surface area contributed by atoms with E-state index in [1.165, 1.54) is 31.7 Å². The number of halogens is 1. The van der Waals surface area contributed by atoms with Crippen molar-refractivity contribution in [3.63, 3.8) is 0 Å². The number of carbonyl (C=O) groups is 1. The lowest BCUT2D eigenvalue weighted by atomic mass is 10.1. The van der Waals surface area contributed by atoms with Crippen molar-refractivity contribution < 1.29 is 9.18 Å². The van der Waals surface area contributed by atoms with Crippen molar-refractivity contribution in [1.82, 2.24) is 10.3 Å². The van der Waals surface area contributed by atoms with E-state index in [2.05, 4.69) is 20.1 Å². The highest BCUT2D eigenvalue weighted by Crippen LogP contribution is 2.23. The molecule has 0 unspecified atom stereocenters. The largest absolute Gasteiger partial charge is 0.367 e. The molecule has 5 nitrogen and oxygen atoms in total. The van der Waals surface area contributed by atoms with Crippen LogP contribution in [0.15, 0.2) is 42.7 Å². The third-order valence-electron chi connectivity index (χ3n) is 6.01. The van der Waals surface area contributed by atoms with Crippen molar-refractivity contribution in [2.75, 3.05) is 36.0 Å². The molecule has 0 radical (unpaired) electrons. The molecule has 2 heterocycles. The number of pyridine rings is 1. The number of carbonyl (C=O) groups excluding carboxylic acids is 1. The average molecular weight is 397 g/mol. The van der Waals surface area contributed by atoms with Crippen LogP contribution in [0.2, 0.25) is 0 Å². The predicted molar refractivity (Wildman–Crippen MR) is 114 cm³/mol. The summed E-state index contributed by atoms with van der Waals surface area (Å²) in [7, 11) is 0. The molecule has 1 aromatic carbocycles. The molecule has 1 aromatic heterocycles. The first-order valence-electron chi connectivity index (χ1n) is 10.7. The van der Waals surface area contributed by atoms with Crippen molar-refractivity contribution in [3.8, 4) is 0 Å². The number of nitrogens with one attached hydrogen (secondary N) is 1. The minimum atomic E-state index is -0.181. The molecule has 1 aliphatic carbocycles. The maximum atomic E-state index is 14.0. The summed E-state index contributed by atoms with van der Waals surface area (Å²) < 4.78 is 14.0. The Bertz CT molecular complexity index is 827. The fourth-order valence-corrected chi connectivity index (χ4v) is 4.33. The van der Waals surface area contributed by atoms with Gasteiger partial charge in [-0.3, -0.25) is 9.78 Å². The van der Waals surface area contributed by atoms with E-state index < -0.39 is 0 Å². The number of aromatic nitrogens is 1. The zero-order chi connectivity index (χ0) is 20.1. The first kappa shape index (κ1) is 19.7. The molecule has 1 saturated carbocycles. The summed E-state index contributed by atoms with van der Waals surface area (Å²) >= 11 is 0. The van der Waals surface area contributed by atoms with Crippen LogP contribution in [0.5, 0.6) is 0 Å². The molecule has 2 fully saturated rings. The molecule has 154 valence electrons. The van der Waals surface area contributed by atoms with Crippen molar-refractivity contribution in [2.24, 2.45) is 0 Å². The Morgan fingerprint density at radius 3 is 2.38 bits per heavy atom. The first-order chi connectivity index (χ1) is 14.2. The Hall–Kier alpha value is -2.63. The monoisotopic (exact) mass is 396 g/mol. The number of piperazine rings is 1. The van der Waals surface area contributed by atoms with Gasteiger partial charge in [-0.15, -0.1) is 0 Å². The summed E-state index contributed by atoms with van der Waals surface area (Å²) in [6, 6.07) is 9.11. The number of rotatable bonds is 4. The smallest absolute Gasteiger partial charge is 0.253 e. The third-order valence-corrected chi connectivity index (χ3v) is 6.01. The molecule has 2 aromatic rings. The van der Waals surface area contributed by atoms with E-state index in [1.54, 1.807) is 18.5 Å². The van der Waals surface area contributed by atoms with Gasteiger partial charge in [0.2, 0.25) is 0 Å². The molecule has 1 N–H and O–H groups in total. The number of hydrogen-bond acceptors (Lipinski definition) is 4. The highest BCUT2D eigenvalue weighted by molar-refractivity contribution is 5.95. The second-order valence-corrected chi connectivity index (χ2v) is 8.02. The Morgan fingerprint density at radius 1 is 0.966 bits per heavy atom. The van der Waals surface area contributed by atoms with Crippen LogP contribution in [0.4, 0.5) is 15.8 Å². The maximum Gasteiger partial charge on any atom is 0.253 e. The second kappa shape index (κ2) is 9.25. The molecule has 0 atom stereocenters. The molecule has 1 aliphatic heterocycles. The lowest BCUT2D eigenvalue weighted by Gasteiger charge is -2.37.